The Hall–Kier alpha value is -0.120. The quantitative estimate of drug-likeness (QED) is 0.889. The first kappa shape index (κ1) is 12.3. The lowest BCUT2D eigenvalue weighted by Gasteiger charge is -2.30. The van der Waals surface area contributed by atoms with Crippen LogP contribution >= 0.6 is 22.9 Å². The monoisotopic (exact) mass is 259 g/mol. The lowest BCUT2D eigenvalue weighted by atomic mass is 9.78. The van der Waals surface area contributed by atoms with Crippen molar-refractivity contribution in [2.24, 2.45) is 11.8 Å². The van der Waals surface area contributed by atoms with Crippen LogP contribution in [0.15, 0.2) is 6.20 Å². The number of rotatable bonds is 3. The van der Waals surface area contributed by atoms with Crippen molar-refractivity contribution in [2.75, 3.05) is 0 Å². The van der Waals surface area contributed by atoms with Crippen LogP contribution in [0.25, 0.3) is 0 Å². The van der Waals surface area contributed by atoms with Gasteiger partial charge in [0.15, 0.2) is 0 Å². The molecule has 1 fully saturated rings. The summed E-state index contributed by atoms with van der Waals surface area (Å²) in [5.41, 5.74) is 0. The molecule has 1 aliphatic rings. The lowest BCUT2D eigenvalue weighted by Crippen LogP contribution is -2.21. The fraction of sp³-hybridized carbons (Fsp3) is 0.750. The molecule has 1 saturated carbocycles. The van der Waals surface area contributed by atoms with Crippen LogP contribution < -0.4 is 0 Å². The molecule has 0 saturated heterocycles. The summed E-state index contributed by atoms with van der Waals surface area (Å²) < 4.78 is 0.664. The van der Waals surface area contributed by atoms with Crippen LogP contribution in [0.2, 0.25) is 4.34 Å². The molecular formula is C12H18ClNOS. The molecule has 0 aliphatic heterocycles. The maximum absolute atomic E-state index is 10.3. The van der Waals surface area contributed by atoms with E-state index in [0.717, 1.165) is 23.8 Å². The predicted octanol–water partition coefficient (Wildman–Crippen LogP) is 4.05. The molecule has 90 valence electrons. The summed E-state index contributed by atoms with van der Waals surface area (Å²) in [5.74, 6) is 1.16. The highest BCUT2D eigenvalue weighted by atomic mass is 35.5. The molecular weight excluding hydrogens is 242 g/mol. The Labute approximate surface area is 106 Å². The number of nitrogens with zero attached hydrogens (tertiary/aromatic N) is 1. The van der Waals surface area contributed by atoms with Crippen LogP contribution in [0, 0.1) is 11.8 Å². The zero-order valence-corrected chi connectivity index (χ0v) is 11.1. The van der Waals surface area contributed by atoms with Crippen molar-refractivity contribution >= 4 is 22.9 Å². The van der Waals surface area contributed by atoms with Crippen LogP contribution in [-0.2, 0) is 0 Å². The fourth-order valence-corrected chi connectivity index (χ4v) is 3.61. The summed E-state index contributed by atoms with van der Waals surface area (Å²) in [6.07, 6.45) is 7.25. The Bertz CT molecular complexity index is 342. The molecule has 1 aliphatic carbocycles. The van der Waals surface area contributed by atoms with Crippen LogP contribution in [-0.4, -0.2) is 10.1 Å². The number of aliphatic hydroxyl groups excluding tert-OH is 1. The molecule has 1 heterocycles. The van der Waals surface area contributed by atoms with Gasteiger partial charge in [-0.2, -0.15) is 0 Å². The van der Waals surface area contributed by atoms with Crippen LogP contribution in [0.5, 0.6) is 0 Å². The van der Waals surface area contributed by atoms with Gasteiger partial charge < -0.3 is 5.11 Å². The van der Waals surface area contributed by atoms with Crippen molar-refractivity contribution in [1.82, 2.24) is 4.98 Å². The molecule has 3 unspecified atom stereocenters. The van der Waals surface area contributed by atoms with Crippen LogP contribution in [0.4, 0.5) is 0 Å². The minimum Gasteiger partial charge on any atom is -0.386 e. The van der Waals surface area contributed by atoms with Gasteiger partial charge in [0.1, 0.15) is 15.4 Å². The summed E-state index contributed by atoms with van der Waals surface area (Å²) in [7, 11) is 0. The highest BCUT2D eigenvalue weighted by Gasteiger charge is 2.29. The van der Waals surface area contributed by atoms with E-state index in [4.69, 9.17) is 11.6 Å². The van der Waals surface area contributed by atoms with Gasteiger partial charge in [-0.25, -0.2) is 4.98 Å². The van der Waals surface area contributed by atoms with E-state index in [1.165, 1.54) is 30.6 Å². The van der Waals surface area contributed by atoms with Crippen molar-refractivity contribution in [3.8, 4) is 0 Å². The SMILES string of the molecule is CCC1CCCC(C(O)c2ncc(Cl)s2)C1. The van der Waals surface area contributed by atoms with Gasteiger partial charge in [0.05, 0.1) is 6.20 Å². The molecule has 1 aromatic rings. The summed E-state index contributed by atoms with van der Waals surface area (Å²) >= 11 is 7.25. The van der Waals surface area contributed by atoms with E-state index in [1.807, 2.05) is 0 Å². The number of aromatic nitrogens is 1. The highest BCUT2D eigenvalue weighted by molar-refractivity contribution is 7.15. The second-order valence-corrected chi connectivity index (χ2v) is 6.34. The Morgan fingerprint density at radius 1 is 1.62 bits per heavy atom. The standard InChI is InChI=1S/C12H18ClNOS/c1-2-8-4-3-5-9(6-8)11(15)12-14-7-10(13)16-12/h7-9,11,15H,2-6H2,1H3. The van der Waals surface area contributed by atoms with E-state index in [9.17, 15) is 5.11 Å². The van der Waals surface area contributed by atoms with Gasteiger partial charge in [-0.3, -0.25) is 0 Å². The smallest absolute Gasteiger partial charge is 0.123 e. The van der Waals surface area contributed by atoms with Crippen molar-refractivity contribution in [3.05, 3.63) is 15.5 Å². The second kappa shape index (κ2) is 5.48. The minimum atomic E-state index is -0.410. The maximum atomic E-state index is 10.3. The third-order valence-corrected chi connectivity index (χ3v) is 4.78. The highest BCUT2D eigenvalue weighted by Crippen LogP contribution is 2.39. The number of thiazole rings is 1. The average Bonchev–Trinajstić information content (AvgIpc) is 2.75. The zero-order chi connectivity index (χ0) is 11.5. The lowest BCUT2D eigenvalue weighted by molar-refractivity contribution is 0.0676. The number of hydrogen-bond donors (Lipinski definition) is 1. The van der Waals surface area contributed by atoms with E-state index in [1.54, 1.807) is 6.20 Å². The minimum absolute atomic E-state index is 0.376. The molecule has 0 amide bonds. The molecule has 1 aromatic heterocycles. The third-order valence-electron chi connectivity index (χ3n) is 3.60. The molecule has 16 heavy (non-hydrogen) atoms. The topological polar surface area (TPSA) is 33.1 Å². The summed E-state index contributed by atoms with van der Waals surface area (Å²) in [4.78, 5) is 4.18. The predicted molar refractivity (Wildman–Crippen MR) is 67.8 cm³/mol. The summed E-state index contributed by atoms with van der Waals surface area (Å²) in [5, 5.41) is 11.0. The van der Waals surface area contributed by atoms with E-state index in [2.05, 4.69) is 11.9 Å². The van der Waals surface area contributed by atoms with Gasteiger partial charge in [-0.15, -0.1) is 11.3 Å². The fourth-order valence-electron chi connectivity index (χ4n) is 2.60. The maximum Gasteiger partial charge on any atom is 0.123 e. The van der Waals surface area contributed by atoms with Gasteiger partial charge >= 0.3 is 0 Å². The summed E-state index contributed by atoms with van der Waals surface area (Å²) in [6.45, 7) is 2.24. The van der Waals surface area contributed by atoms with Crippen molar-refractivity contribution < 1.29 is 5.11 Å². The normalized spacial score (nSPS) is 27.9. The van der Waals surface area contributed by atoms with E-state index in [-0.39, 0.29) is 0 Å². The average molecular weight is 260 g/mol. The molecule has 2 nitrogen and oxygen atoms in total. The Morgan fingerprint density at radius 3 is 3.06 bits per heavy atom. The van der Waals surface area contributed by atoms with Crippen LogP contribution in [0.1, 0.15) is 50.1 Å². The van der Waals surface area contributed by atoms with Crippen LogP contribution in [0.3, 0.4) is 0 Å². The van der Waals surface area contributed by atoms with E-state index in [0.29, 0.717) is 10.3 Å². The zero-order valence-electron chi connectivity index (χ0n) is 9.53. The van der Waals surface area contributed by atoms with Crippen molar-refractivity contribution in [3.63, 3.8) is 0 Å². The third kappa shape index (κ3) is 2.76. The Balaban J connectivity index is 2.01. The van der Waals surface area contributed by atoms with Gasteiger partial charge in [-0.1, -0.05) is 37.8 Å². The Kier molecular flexibility index (Phi) is 4.22. The molecule has 2 rings (SSSR count). The molecule has 3 atom stereocenters. The van der Waals surface area contributed by atoms with Gasteiger partial charge in [-0.05, 0) is 24.7 Å². The number of halogens is 1. The number of hydrogen-bond acceptors (Lipinski definition) is 3. The number of aliphatic hydroxyl groups is 1. The van der Waals surface area contributed by atoms with Gasteiger partial charge in [0.25, 0.3) is 0 Å². The molecule has 1 N–H and O–H groups in total. The molecule has 4 heteroatoms. The van der Waals surface area contributed by atoms with Gasteiger partial charge in [0, 0.05) is 0 Å². The van der Waals surface area contributed by atoms with Crippen molar-refractivity contribution in [1.29, 1.82) is 0 Å². The molecule has 0 aromatic carbocycles. The summed E-state index contributed by atoms with van der Waals surface area (Å²) in [6, 6.07) is 0. The second-order valence-electron chi connectivity index (χ2n) is 4.65. The molecule has 0 radical (unpaired) electrons. The molecule has 0 spiro atoms. The molecule has 0 bridgehead atoms. The first-order chi connectivity index (χ1) is 7.70. The Morgan fingerprint density at radius 2 is 2.44 bits per heavy atom. The first-order valence-corrected chi connectivity index (χ1v) is 7.19. The largest absolute Gasteiger partial charge is 0.386 e. The van der Waals surface area contributed by atoms with E-state index >= 15 is 0 Å². The van der Waals surface area contributed by atoms with Gasteiger partial charge in [0.2, 0.25) is 0 Å². The first-order valence-electron chi connectivity index (χ1n) is 6.00. The van der Waals surface area contributed by atoms with E-state index < -0.39 is 6.10 Å². The van der Waals surface area contributed by atoms with Crippen molar-refractivity contribution in [2.45, 2.75) is 45.1 Å².